The zero-order valence-corrected chi connectivity index (χ0v) is 22.7. The van der Waals surface area contributed by atoms with Gasteiger partial charge >= 0.3 is 6.92 Å². The topological polar surface area (TPSA) is 38.7 Å². The Morgan fingerprint density at radius 2 is 1.48 bits per heavy atom. The van der Waals surface area contributed by atoms with Gasteiger partial charge in [0.05, 0.1) is 11.9 Å². The van der Waals surface area contributed by atoms with E-state index < -0.39 is 8.32 Å². The van der Waals surface area contributed by atoms with Crippen LogP contribution in [0.1, 0.15) is 105 Å². The highest BCUT2D eigenvalue weighted by atomic mass is 28.4. The number of aliphatic hydroxyl groups is 1. The first-order valence-electron chi connectivity index (χ1n) is 13.2. The van der Waals surface area contributed by atoms with E-state index in [-0.39, 0.29) is 23.7 Å². The van der Waals surface area contributed by atoms with Gasteiger partial charge in [0, 0.05) is 12.5 Å². The first kappa shape index (κ1) is 27.0. The van der Waals surface area contributed by atoms with Crippen molar-refractivity contribution in [3.05, 3.63) is 11.8 Å². The predicted molar refractivity (Wildman–Crippen MR) is 137 cm³/mol. The molecule has 0 spiro atoms. The lowest BCUT2D eigenvalue weighted by Crippen LogP contribution is -2.46. The quantitative estimate of drug-likeness (QED) is 0.271. The van der Waals surface area contributed by atoms with Crippen molar-refractivity contribution >= 4 is 15.2 Å². The summed E-state index contributed by atoms with van der Waals surface area (Å²) < 4.78 is 13.8. The van der Waals surface area contributed by atoms with Gasteiger partial charge in [0.1, 0.15) is 0 Å². The van der Waals surface area contributed by atoms with Gasteiger partial charge in [-0.25, -0.2) is 0 Å². The largest absolute Gasteiger partial charge is 0.563 e. The van der Waals surface area contributed by atoms with Crippen molar-refractivity contribution in [2.24, 2.45) is 5.92 Å². The van der Waals surface area contributed by atoms with E-state index >= 15 is 0 Å². The molecule has 0 unspecified atom stereocenters. The Bertz CT molecular complexity index is 527. The predicted octanol–water partition coefficient (Wildman–Crippen LogP) is 7.98. The number of rotatable bonds is 10. The van der Waals surface area contributed by atoms with E-state index in [1.165, 1.54) is 64.2 Å². The normalized spacial score (nSPS) is 22.3. The maximum atomic E-state index is 9.80. The minimum absolute atomic E-state index is 0.00968. The van der Waals surface area contributed by atoms with E-state index in [0.717, 1.165) is 5.76 Å². The lowest BCUT2D eigenvalue weighted by Gasteiger charge is -2.42. The summed E-state index contributed by atoms with van der Waals surface area (Å²) in [6.45, 7) is 16.4. The van der Waals surface area contributed by atoms with E-state index in [1.54, 1.807) is 0 Å². The molecule has 2 atom stereocenters. The van der Waals surface area contributed by atoms with E-state index in [2.05, 4.69) is 53.8 Å². The summed E-state index contributed by atoms with van der Waals surface area (Å²) >= 11 is 0. The molecule has 3 nitrogen and oxygen atoms in total. The van der Waals surface area contributed by atoms with Crippen LogP contribution in [0.25, 0.3) is 0 Å². The van der Waals surface area contributed by atoms with Crippen molar-refractivity contribution < 1.29 is 14.2 Å². The standard InChI is InChI=1S/C26H51BO3Si/c1-8-24(21(2)25(19-20-28)30-31(6,7)26(3,4)5)29-27(22-15-11-9-12-16-22)23-17-13-10-14-18-23/h8,21-23,25,28H,9-20H2,1-7H3/b24-8+/t21-,25-/m1/s1. The van der Waals surface area contributed by atoms with Crippen LogP contribution in [-0.2, 0) is 9.08 Å². The zero-order valence-electron chi connectivity index (χ0n) is 21.7. The second kappa shape index (κ2) is 12.3. The molecule has 1 N–H and O–H groups in total. The minimum Gasteiger partial charge on any atom is -0.563 e. The number of hydrogen-bond acceptors (Lipinski definition) is 3. The summed E-state index contributed by atoms with van der Waals surface area (Å²) in [7, 11) is -1.92. The molecular weight excluding hydrogens is 399 g/mol. The van der Waals surface area contributed by atoms with E-state index in [1.807, 2.05) is 0 Å². The SMILES string of the molecule is C/C=C(/OB(C1CCCCC1)C1CCCCC1)[C@@H](C)[C@@H](CCO)O[Si](C)(C)C(C)(C)C. The van der Waals surface area contributed by atoms with Gasteiger partial charge in [0.15, 0.2) is 8.32 Å². The fourth-order valence-electron chi connectivity index (χ4n) is 5.37. The second-order valence-electron chi connectivity index (χ2n) is 11.8. The molecule has 0 saturated heterocycles. The highest BCUT2D eigenvalue weighted by Gasteiger charge is 2.42. The number of aliphatic hydroxyl groups excluding tert-OH is 1. The second-order valence-corrected chi connectivity index (χ2v) is 16.5. The fraction of sp³-hybridized carbons (Fsp3) is 0.923. The summed E-state index contributed by atoms with van der Waals surface area (Å²) in [4.78, 5) is 0. The molecule has 0 radical (unpaired) electrons. The Kier molecular flexibility index (Phi) is 10.7. The van der Waals surface area contributed by atoms with Crippen molar-refractivity contribution in [2.45, 2.75) is 141 Å². The smallest absolute Gasteiger partial charge is 0.363 e. The summed E-state index contributed by atoms with van der Waals surface area (Å²) in [5, 5.41) is 9.96. The molecule has 0 aromatic heterocycles. The van der Waals surface area contributed by atoms with Crippen LogP contribution in [0, 0.1) is 5.92 Å². The third-order valence-electron chi connectivity index (χ3n) is 8.46. The molecule has 2 aliphatic carbocycles. The van der Waals surface area contributed by atoms with Gasteiger partial charge in [0.2, 0.25) is 0 Å². The van der Waals surface area contributed by atoms with Crippen LogP contribution in [0.3, 0.4) is 0 Å². The van der Waals surface area contributed by atoms with Crippen LogP contribution in [-0.4, -0.2) is 33.1 Å². The molecule has 2 aliphatic rings. The summed E-state index contributed by atoms with van der Waals surface area (Å²) in [6, 6.07) is 0. The van der Waals surface area contributed by atoms with Crippen LogP contribution in [0.15, 0.2) is 11.8 Å². The molecule has 2 rings (SSSR count). The maximum absolute atomic E-state index is 9.80. The third kappa shape index (κ3) is 7.64. The van der Waals surface area contributed by atoms with Crippen LogP contribution in [0.5, 0.6) is 0 Å². The molecule has 0 bridgehead atoms. The molecule has 31 heavy (non-hydrogen) atoms. The molecule has 180 valence electrons. The lowest BCUT2D eigenvalue weighted by molar-refractivity contribution is 0.0915. The Labute approximate surface area is 195 Å². The average molecular weight is 451 g/mol. The van der Waals surface area contributed by atoms with Gasteiger partial charge in [-0.1, -0.05) is 98.0 Å². The van der Waals surface area contributed by atoms with E-state index in [9.17, 15) is 5.11 Å². The highest BCUT2D eigenvalue weighted by Crippen LogP contribution is 2.44. The van der Waals surface area contributed by atoms with E-state index in [0.29, 0.717) is 25.0 Å². The molecular formula is C26H51BO3Si. The first-order chi connectivity index (χ1) is 14.6. The Hall–Kier alpha value is -0.258. The summed E-state index contributed by atoms with van der Waals surface area (Å²) in [5.74, 6) is 2.67. The minimum atomic E-state index is -1.92. The van der Waals surface area contributed by atoms with Crippen molar-refractivity contribution in [2.75, 3.05) is 6.61 Å². The lowest BCUT2D eigenvalue weighted by atomic mass is 9.41. The van der Waals surface area contributed by atoms with Crippen molar-refractivity contribution in [1.29, 1.82) is 0 Å². The Balaban J connectivity index is 2.18. The maximum Gasteiger partial charge on any atom is 0.363 e. The van der Waals surface area contributed by atoms with Gasteiger partial charge in [-0.15, -0.1) is 0 Å². The number of allylic oxidation sites excluding steroid dienone is 1. The third-order valence-corrected chi connectivity index (χ3v) is 13.0. The van der Waals surface area contributed by atoms with Crippen LogP contribution < -0.4 is 0 Å². The van der Waals surface area contributed by atoms with Crippen LogP contribution in [0.2, 0.25) is 29.8 Å². The van der Waals surface area contributed by atoms with Crippen LogP contribution in [0.4, 0.5) is 0 Å². The average Bonchev–Trinajstić information content (AvgIpc) is 2.74. The molecule has 2 fully saturated rings. The molecule has 0 aromatic carbocycles. The molecule has 0 amide bonds. The summed E-state index contributed by atoms with van der Waals surface area (Å²) in [5.41, 5.74) is 0. The molecule has 2 saturated carbocycles. The van der Waals surface area contributed by atoms with E-state index in [4.69, 9.17) is 9.08 Å². The van der Waals surface area contributed by atoms with Crippen molar-refractivity contribution in [3.63, 3.8) is 0 Å². The van der Waals surface area contributed by atoms with Crippen LogP contribution >= 0.6 is 0 Å². The summed E-state index contributed by atoms with van der Waals surface area (Å²) in [6.07, 6.45) is 16.4. The first-order valence-corrected chi connectivity index (χ1v) is 16.1. The van der Waals surface area contributed by atoms with Gasteiger partial charge in [-0.05, 0) is 43.1 Å². The number of hydrogen-bond donors (Lipinski definition) is 1. The van der Waals surface area contributed by atoms with Crippen molar-refractivity contribution in [1.82, 2.24) is 0 Å². The molecule has 5 heteroatoms. The monoisotopic (exact) mass is 450 g/mol. The Morgan fingerprint density at radius 3 is 1.87 bits per heavy atom. The van der Waals surface area contributed by atoms with Gasteiger partial charge in [0.25, 0.3) is 0 Å². The van der Waals surface area contributed by atoms with Gasteiger partial charge in [-0.2, -0.15) is 0 Å². The highest BCUT2D eigenvalue weighted by molar-refractivity contribution is 6.74. The Morgan fingerprint density at radius 1 is 1.00 bits per heavy atom. The molecule has 0 aromatic rings. The fourth-order valence-corrected chi connectivity index (χ4v) is 6.81. The van der Waals surface area contributed by atoms with Crippen molar-refractivity contribution in [3.8, 4) is 0 Å². The molecule has 0 heterocycles. The zero-order chi connectivity index (χ0) is 23.1. The van der Waals surface area contributed by atoms with Gasteiger partial charge < -0.3 is 14.2 Å². The molecule has 0 aliphatic heterocycles. The van der Waals surface area contributed by atoms with Gasteiger partial charge in [-0.3, -0.25) is 0 Å².